The van der Waals surface area contributed by atoms with Crippen LogP contribution in [0.5, 0.6) is 5.75 Å². The number of carbonyl (C=O) groups is 1. The minimum atomic E-state index is -0.771. The summed E-state index contributed by atoms with van der Waals surface area (Å²) in [5.74, 6) is 0.219. The van der Waals surface area contributed by atoms with E-state index in [-0.39, 0.29) is 19.1 Å². The zero-order valence-electron chi connectivity index (χ0n) is 17.2. The molecule has 8 heteroatoms. The van der Waals surface area contributed by atoms with Crippen LogP contribution in [0.1, 0.15) is 23.0 Å². The van der Waals surface area contributed by atoms with E-state index in [1.54, 1.807) is 11.6 Å². The van der Waals surface area contributed by atoms with Gasteiger partial charge in [0.1, 0.15) is 24.0 Å². The van der Waals surface area contributed by atoms with Gasteiger partial charge in [-0.1, -0.05) is 17.3 Å². The zero-order chi connectivity index (χ0) is 21.3. The van der Waals surface area contributed by atoms with Gasteiger partial charge in [0.2, 0.25) is 0 Å². The summed E-state index contributed by atoms with van der Waals surface area (Å²) in [6, 6.07) is 13.1. The summed E-state index contributed by atoms with van der Waals surface area (Å²) >= 11 is 0. The Morgan fingerprint density at radius 3 is 2.80 bits per heavy atom. The van der Waals surface area contributed by atoms with Crippen LogP contribution in [0.3, 0.4) is 0 Å². The first-order valence-corrected chi connectivity index (χ1v) is 9.84. The van der Waals surface area contributed by atoms with Crippen LogP contribution in [0.15, 0.2) is 42.5 Å². The van der Waals surface area contributed by atoms with Crippen LogP contribution in [0.4, 0.5) is 0 Å². The molecule has 0 spiro atoms. The van der Waals surface area contributed by atoms with E-state index in [1.807, 2.05) is 61.0 Å². The summed E-state index contributed by atoms with van der Waals surface area (Å²) in [7, 11) is 1.91. The molecule has 156 valence electrons. The molecule has 1 unspecified atom stereocenters. The standard InChI is InChI=1S/C22H24N4O4/c1-4-29-22(28)21-14(2)25(3)19-10-9-16(11-17(19)21)30-13-15(27)12-26-20-8-6-5-7-18(20)23-24-26/h5-11,15,27H,4,12-13H2,1-3H3. The molecule has 4 rings (SSSR count). The van der Waals surface area contributed by atoms with E-state index in [0.29, 0.717) is 17.9 Å². The first-order valence-electron chi connectivity index (χ1n) is 9.84. The number of aliphatic hydroxyl groups excluding tert-OH is 1. The number of rotatable bonds is 7. The lowest BCUT2D eigenvalue weighted by Gasteiger charge is -2.13. The van der Waals surface area contributed by atoms with Gasteiger partial charge in [0, 0.05) is 23.6 Å². The van der Waals surface area contributed by atoms with Crippen LogP contribution in [0.2, 0.25) is 0 Å². The van der Waals surface area contributed by atoms with Gasteiger partial charge in [-0.15, -0.1) is 5.10 Å². The molecule has 2 aromatic carbocycles. The fourth-order valence-electron chi connectivity index (χ4n) is 3.60. The Morgan fingerprint density at radius 2 is 2.00 bits per heavy atom. The first-order chi connectivity index (χ1) is 14.5. The van der Waals surface area contributed by atoms with E-state index in [1.165, 1.54) is 0 Å². The van der Waals surface area contributed by atoms with Gasteiger partial charge >= 0.3 is 5.97 Å². The molecule has 0 aliphatic heterocycles. The molecule has 1 atom stereocenters. The SMILES string of the molecule is CCOC(=O)c1c(C)n(C)c2ccc(OCC(O)Cn3nnc4ccccc43)cc12. The monoisotopic (exact) mass is 408 g/mol. The fraction of sp³-hybridized carbons (Fsp3) is 0.318. The predicted octanol–water partition coefficient (Wildman–Crippen LogP) is 2.85. The topological polar surface area (TPSA) is 91.4 Å². The Hall–Kier alpha value is -3.39. The van der Waals surface area contributed by atoms with Crippen molar-refractivity contribution in [2.75, 3.05) is 13.2 Å². The number of aliphatic hydroxyl groups is 1. The Bertz CT molecular complexity index is 1210. The maximum Gasteiger partial charge on any atom is 0.340 e. The van der Waals surface area contributed by atoms with E-state index < -0.39 is 6.10 Å². The van der Waals surface area contributed by atoms with Gasteiger partial charge in [0.25, 0.3) is 0 Å². The number of para-hydroxylation sites is 1. The van der Waals surface area contributed by atoms with Crippen molar-refractivity contribution in [1.29, 1.82) is 0 Å². The number of ether oxygens (including phenoxy) is 2. The van der Waals surface area contributed by atoms with Crippen LogP contribution in [-0.2, 0) is 18.3 Å². The highest BCUT2D eigenvalue weighted by Crippen LogP contribution is 2.29. The van der Waals surface area contributed by atoms with Crippen LogP contribution >= 0.6 is 0 Å². The number of hydrogen-bond acceptors (Lipinski definition) is 6. The Morgan fingerprint density at radius 1 is 1.20 bits per heavy atom. The summed E-state index contributed by atoms with van der Waals surface area (Å²) in [5, 5.41) is 19.4. The molecule has 0 amide bonds. The molecule has 0 radical (unpaired) electrons. The van der Waals surface area contributed by atoms with Gasteiger partial charge in [-0.2, -0.15) is 0 Å². The Labute approximate surface area is 173 Å². The number of esters is 1. The molecule has 0 aliphatic carbocycles. The minimum absolute atomic E-state index is 0.0836. The number of hydrogen-bond donors (Lipinski definition) is 1. The predicted molar refractivity (Wildman–Crippen MR) is 113 cm³/mol. The van der Waals surface area contributed by atoms with Gasteiger partial charge in [-0.05, 0) is 44.2 Å². The zero-order valence-corrected chi connectivity index (χ0v) is 17.2. The van der Waals surface area contributed by atoms with Gasteiger partial charge in [-0.25, -0.2) is 9.48 Å². The summed E-state index contributed by atoms with van der Waals surface area (Å²) in [6.07, 6.45) is -0.771. The van der Waals surface area contributed by atoms with Crippen molar-refractivity contribution in [3.05, 3.63) is 53.7 Å². The summed E-state index contributed by atoms with van der Waals surface area (Å²) in [4.78, 5) is 12.4. The molecule has 30 heavy (non-hydrogen) atoms. The largest absolute Gasteiger partial charge is 0.491 e. The fourth-order valence-corrected chi connectivity index (χ4v) is 3.60. The molecule has 4 aromatic rings. The lowest BCUT2D eigenvalue weighted by molar-refractivity contribution is 0.0527. The van der Waals surface area contributed by atoms with E-state index in [9.17, 15) is 9.90 Å². The molecule has 1 N–H and O–H groups in total. The van der Waals surface area contributed by atoms with Crippen LogP contribution < -0.4 is 4.74 Å². The second-order valence-corrected chi connectivity index (χ2v) is 7.14. The third-order valence-electron chi connectivity index (χ3n) is 5.19. The molecule has 0 bridgehead atoms. The van der Waals surface area contributed by atoms with Crippen molar-refractivity contribution in [3.63, 3.8) is 0 Å². The molecule has 0 fully saturated rings. The number of aromatic nitrogens is 4. The molecular weight excluding hydrogens is 384 g/mol. The molecular formula is C22H24N4O4. The quantitative estimate of drug-likeness (QED) is 0.473. The molecule has 0 saturated heterocycles. The summed E-state index contributed by atoms with van der Waals surface area (Å²) in [6.45, 7) is 4.33. The molecule has 2 heterocycles. The Kier molecular flexibility index (Phi) is 5.41. The highest BCUT2D eigenvalue weighted by Gasteiger charge is 2.20. The van der Waals surface area contributed by atoms with Gasteiger partial charge < -0.3 is 19.1 Å². The lowest BCUT2D eigenvalue weighted by atomic mass is 10.1. The van der Waals surface area contributed by atoms with Crippen molar-refractivity contribution >= 4 is 27.9 Å². The molecule has 8 nitrogen and oxygen atoms in total. The van der Waals surface area contributed by atoms with E-state index in [4.69, 9.17) is 9.47 Å². The van der Waals surface area contributed by atoms with Crippen LogP contribution in [0.25, 0.3) is 21.9 Å². The maximum atomic E-state index is 12.4. The number of fused-ring (bicyclic) bond motifs is 2. The van der Waals surface area contributed by atoms with E-state index in [0.717, 1.165) is 27.6 Å². The lowest BCUT2D eigenvalue weighted by Crippen LogP contribution is -2.24. The van der Waals surface area contributed by atoms with E-state index in [2.05, 4.69) is 10.3 Å². The third-order valence-corrected chi connectivity index (χ3v) is 5.19. The van der Waals surface area contributed by atoms with Gasteiger partial charge in [-0.3, -0.25) is 0 Å². The minimum Gasteiger partial charge on any atom is -0.491 e. The van der Waals surface area contributed by atoms with Crippen molar-refractivity contribution in [2.45, 2.75) is 26.5 Å². The highest BCUT2D eigenvalue weighted by molar-refractivity contribution is 6.06. The smallest absolute Gasteiger partial charge is 0.340 e. The highest BCUT2D eigenvalue weighted by atomic mass is 16.5. The molecule has 2 aromatic heterocycles. The second-order valence-electron chi connectivity index (χ2n) is 7.14. The summed E-state index contributed by atoms with van der Waals surface area (Å²) in [5.41, 5.74) is 3.92. The van der Waals surface area contributed by atoms with Crippen molar-refractivity contribution in [2.24, 2.45) is 7.05 Å². The average Bonchev–Trinajstić information content (AvgIpc) is 3.25. The normalized spacial score (nSPS) is 12.4. The van der Waals surface area contributed by atoms with E-state index >= 15 is 0 Å². The van der Waals surface area contributed by atoms with Crippen molar-refractivity contribution in [1.82, 2.24) is 19.6 Å². The number of aryl methyl sites for hydroxylation is 1. The van der Waals surface area contributed by atoms with Gasteiger partial charge in [0.15, 0.2) is 0 Å². The number of nitrogens with zero attached hydrogens (tertiary/aromatic N) is 4. The van der Waals surface area contributed by atoms with Crippen molar-refractivity contribution < 1.29 is 19.4 Å². The van der Waals surface area contributed by atoms with Crippen LogP contribution in [-0.4, -0.2) is 50.0 Å². The van der Waals surface area contributed by atoms with Crippen LogP contribution in [0, 0.1) is 6.92 Å². The molecule has 0 saturated carbocycles. The van der Waals surface area contributed by atoms with Crippen molar-refractivity contribution in [3.8, 4) is 5.75 Å². The Balaban J connectivity index is 1.51. The average molecular weight is 408 g/mol. The third kappa shape index (κ3) is 3.61. The maximum absolute atomic E-state index is 12.4. The molecule has 0 aliphatic rings. The number of carbonyl (C=O) groups excluding carboxylic acids is 1. The first kappa shape index (κ1) is 19.9. The second kappa shape index (κ2) is 8.16. The van der Waals surface area contributed by atoms with Gasteiger partial charge in [0.05, 0.1) is 24.2 Å². The number of benzene rings is 2. The summed E-state index contributed by atoms with van der Waals surface area (Å²) < 4.78 is 14.6.